The molecule has 1 aromatic rings. The second kappa shape index (κ2) is 4.85. The molecule has 0 N–H and O–H groups in total. The first kappa shape index (κ1) is 10.1. The molecule has 1 saturated heterocycles. The van der Waals surface area contributed by atoms with Crippen molar-refractivity contribution in [3.05, 3.63) is 23.8 Å². The molecule has 78 valence electrons. The molecule has 1 fully saturated rings. The minimum atomic E-state index is 0.289. The summed E-state index contributed by atoms with van der Waals surface area (Å²) in [6.07, 6.45) is 4.06. The van der Waals surface area contributed by atoms with E-state index in [1.54, 1.807) is 6.20 Å². The Labute approximate surface area is 88.9 Å². The zero-order valence-corrected chi connectivity index (χ0v) is 8.52. The van der Waals surface area contributed by atoms with Gasteiger partial charge in [-0.1, -0.05) is 0 Å². The van der Waals surface area contributed by atoms with E-state index in [4.69, 9.17) is 10.00 Å². The van der Waals surface area contributed by atoms with E-state index in [1.807, 2.05) is 6.07 Å². The summed E-state index contributed by atoms with van der Waals surface area (Å²) in [4.78, 5) is 8.46. The van der Waals surface area contributed by atoms with Gasteiger partial charge >= 0.3 is 0 Å². The topological polar surface area (TPSA) is 58.8 Å². The van der Waals surface area contributed by atoms with Crippen molar-refractivity contribution in [2.45, 2.75) is 25.2 Å². The third-order valence-electron chi connectivity index (χ3n) is 2.60. The van der Waals surface area contributed by atoms with Crippen LogP contribution in [0.2, 0.25) is 0 Å². The second-order valence-electron chi connectivity index (χ2n) is 3.62. The molecule has 0 saturated carbocycles. The fourth-order valence-electron chi connectivity index (χ4n) is 1.79. The van der Waals surface area contributed by atoms with E-state index >= 15 is 0 Å². The van der Waals surface area contributed by atoms with Crippen LogP contribution in [0.4, 0.5) is 0 Å². The molecule has 0 bridgehead atoms. The van der Waals surface area contributed by atoms with Gasteiger partial charge in [-0.15, -0.1) is 0 Å². The van der Waals surface area contributed by atoms with E-state index in [0.29, 0.717) is 11.7 Å². The molecule has 0 spiro atoms. The molecule has 4 nitrogen and oxygen atoms in total. The van der Waals surface area contributed by atoms with Gasteiger partial charge in [-0.2, -0.15) is 5.26 Å². The van der Waals surface area contributed by atoms with Crippen LogP contribution in [0.3, 0.4) is 0 Å². The number of rotatable bonds is 2. The smallest absolute Gasteiger partial charge is 0.142 e. The highest BCUT2D eigenvalue weighted by Gasteiger charge is 2.17. The minimum absolute atomic E-state index is 0.289. The molecule has 0 amide bonds. The maximum Gasteiger partial charge on any atom is 0.142 e. The maximum atomic E-state index is 8.57. The summed E-state index contributed by atoms with van der Waals surface area (Å²) in [5, 5.41) is 8.57. The van der Waals surface area contributed by atoms with Gasteiger partial charge in [0.15, 0.2) is 0 Å². The van der Waals surface area contributed by atoms with Crippen LogP contribution in [0, 0.1) is 11.3 Å². The maximum absolute atomic E-state index is 8.57. The molecular formula is C11H13N3O. The molecule has 0 aliphatic carbocycles. The van der Waals surface area contributed by atoms with Crippen LogP contribution in [-0.2, 0) is 11.2 Å². The number of hydrogen-bond donors (Lipinski definition) is 0. The Balaban J connectivity index is 2.13. The monoisotopic (exact) mass is 203 g/mol. The number of nitriles is 1. The first-order valence-corrected chi connectivity index (χ1v) is 5.16. The van der Waals surface area contributed by atoms with Crippen molar-refractivity contribution in [3.8, 4) is 6.07 Å². The molecule has 1 aliphatic heterocycles. The predicted octanol–water partition coefficient (Wildman–Crippen LogP) is 1.44. The lowest BCUT2D eigenvalue weighted by Gasteiger charge is -2.21. The van der Waals surface area contributed by atoms with Crippen LogP contribution in [0.1, 0.15) is 30.3 Å². The second-order valence-corrected chi connectivity index (χ2v) is 3.62. The summed E-state index contributed by atoms with van der Waals surface area (Å²) in [5.41, 5.74) is 1.05. The van der Waals surface area contributed by atoms with Crippen molar-refractivity contribution in [3.63, 3.8) is 0 Å². The third kappa shape index (κ3) is 2.51. The number of nitrogens with zero attached hydrogens (tertiary/aromatic N) is 3. The van der Waals surface area contributed by atoms with Gasteiger partial charge in [0, 0.05) is 31.0 Å². The fraction of sp³-hybridized carbons (Fsp3) is 0.545. The Morgan fingerprint density at radius 3 is 3.00 bits per heavy atom. The normalized spacial score (nSPS) is 17.3. The Morgan fingerprint density at radius 2 is 2.27 bits per heavy atom. The van der Waals surface area contributed by atoms with Crippen molar-refractivity contribution in [2.75, 3.05) is 13.2 Å². The van der Waals surface area contributed by atoms with Gasteiger partial charge < -0.3 is 4.74 Å². The molecule has 0 atom stereocenters. The van der Waals surface area contributed by atoms with E-state index in [-0.39, 0.29) is 6.42 Å². The highest BCUT2D eigenvalue weighted by Crippen LogP contribution is 2.24. The Morgan fingerprint density at radius 1 is 1.47 bits per heavy atom. The lowest BCUT2D eigenvalue weighted by molar-refractivity contribution is 0.0844. The zero-order valence-electron chi connectivity index (χ0n) is 8.52. The highest BCUT2D eigenvalue weighted by atomic mass is 16.5. The Hall–Kier alpha value is -1.47. The summed E-state index contributed by atoms with van der Waals surface area (Å²) in [7, 11) is 0. The molecule has 15 heavy (non-hydrogen) atoms. The van der Waals surface area contributed by atoms with Gasteiger partial charge in [-0.25, -0.2) is 9.97 Å². The standard InChI is InChI=1S/C11H13N3O/c12-5-1-11-13-6-2-10(14-11)9-3-7-15-8-4-9/h2,6,9H,1,3-4,7-8H2. The lowest BCUT2D eigenvalue weighted by atomic mass is 9.96. The van der Waals surface area contributed by atoms with Crippen molar-refractivity contribution < 1.29 is 4.74 Å². The zero-order chi connectivity index (χ0) is 10.5. The summed E-state index contributed by atoms with van der Waals surface area (Å²) in [6, 6.07) is 4.01. The molecule has 4 heteroatoms. The van der Waals surface area contributed by atoms with Crippen molar-refractivity contribution >= 4 is 0 Å². The van der Waals surface area contributed by atoms with Gasteiger partial charge in [0.05, 0.1) is 12.5 Å². The van der Waals surface area contributed by atoms with Gasteiger partial charge in [-0.05, 0) is 18.9 Å². The summed E-state index contributed by atoms with van der Waals surface area (Å²) in [6.45, 7) is 1.62. The molecule has 2 heterocycles. The van der Waals surface area contributed by atoms with Crippen LogP contribution in [0.5, 0.6) is 0 Å². The van der Waals surface area contributed by atoms with E-state index in [2.05, 4.69) is 16.0 Å². The molecule has 2 rings (SSSR count). The Bertz CT molecular complexity index is 366. The SMILES string of the molecule is N#CCc1nccc(C2CCOCC2)n1. The molecule has 1 aliphatic rings. The molecule has 0 unspecified atom stereocenters. The van der Waals surface area contributed by atoms with Gasteiger partial charge in [0.25, 0.3) is 0 Å². The van der Waals surface area contributed by atoms with E-state index in [0.717, 1.165) is 31.7 Å². The lowest BCUT2D eigenvalue weighted by Crippen LogP contribution is -2.15. The summed E-state index contributed by atoms with van der Waals surface area (Å²) < 4.78 is 5.30. The third-order valence-corrected chi connectivity index (χ3v) is 2.60. The van der Waals surface area contributed by atoms with E-state index in [1.165, 1.54) is 0 Å². The van der Waals surface area contributed by atoms with Crippen molar-refractivity contribution in [2.24, 2.45) is 0 Å². The first-order chi connectivity index (χ1) is 7.40. The quantitative estimate of drug-likeness (QED) is 0.729. The van der Waals surface area contributed by atoms with Crippen LogP contribution in [-0.4, -0.2) is 23.2 Å². The minimum Gasteiger partial charge on any atom is -0.381 e. The van der Waals surface area contributed by atoms with Gasteiger partial charge in [0.2, 0.25) is 0 Å². The van der Waals surface area contributed by atoms with Crippen LogP contribution >= 0.6 is 0 Å². The van der Waals surface area contributed by atoms with Crippen molar-refractivity contribution in [1.29, 1.82) is 5.26 Å². The number of ether oxygens (including phenoxy) is 1. The van der Waals surface area contributed by atoms with Gasteiger partial charge in [0.1, 0.15) is 5.82 Å². The van der Waals surface area contributed by atoms with Gasteiger partial charge in [-0.3, -0.25) is 0 Å². The molecule has 0 aromatic carbocycles. The summed E-state index contributed by atoms with van der Waals surface area (Å²) >= 11 is 0. The largest absolute Gasteiger partial charge is 0.381 e. The van der Waals surface area contributed by atoms with Crippen LogP contribution in [0.15, 0.2) is 12.3 Å². The Kier molecular flexibility index (Phi) is 3.25. The van der Waals surface area contributed by atoms with Crippen LogP contribution < -0.4 is 0 Å². The van der Waals surface area contributed by atoms with Crippen molar-refractivity contribution in [1.82, 2.24) is 9.97 Å². The summed E-state index contributed by atoms with van der Waals surface area (Å²) in [5.74, 6) is 1.10. The van der Waals surface area contributed by atoms with E-state index in [9.17, 15) is 0 Å². The van der Waals surface area contributed by atoms with E-state index < -0.39 is 0 Å². The molecular weight excluding hydrogens is 190 g/mol. The molecule has 0 radical (unpaired) electrons. The number of hydrogen-bond acceptors (Lipinski definition) is 4. The highest BCUT2D eigenvalue weighted by molar-refractivity contribution is 5.10. The number of aromatic nitrogens is 2. The fourth-order valence-corrected chi connectivity index (χ4v) is 1.79. The predicted molar refractivity (Wildman–Crippen MR) is 54.1 cm³/mol. The first-order valence-electron chi connectivity index (χ1n) is 5.16. The average Bonchev–Trinajstić information content (AvgIpc) is 2.31. The molecule has 1 aromatic heterocycles. The van der Waals surface area contributed by atoms with Crippen LogP contribution in [0.25, 0.3) is 0 Å². The average molecular weight is 203 g/mol.